The number of unbranched alkanes of at least 4 members (excludes halogenated alkanes) is 2. The third-order valence-electron chi connectivity index (χ3n) is 2.70. The second kappa shape index (κ2) is 13.9. The summed E-state index contributed by atoms with van der Waals surface area (Å²) in [5, 5.41) is 0. The third-order valence-corrected chi connectivity index (χ3v) is 4.02. The summed E-state index contributed by atoms with van der Waals surface area (Å²) < 4.78 is 11.6. The van der Waals surface area contributed by atoms with Crippen molar-refractivity contribution in [3.63, 3.8) is 0 Å². The Kier molecular flexibility index (Phi) is 13.8. The maximum Gasteiger partial charge on any atom is 0.157 e. The molecule has 2 nitrogen and oxygen atoms in total. The fourth-order valence-corrected chi connectivity index (χ4v) is 2.40. The van der Waals surface area contributed by atoms with Crippen molar-refractivity contribution in [1.82, 2.24) is 0 Å². The van der Waals surface area contributed by atoms with Gasteiger partial charge in [-0.1, -0.05) is 39.2 Å². The molecule has 0 spiro atoms. The van der Waals surface area contributed by atoms with Crippen LogP contribution in [0.5, 0.6) is 0 Å². The van der Waals surface area contributed by atoms with Gasteiger partial charge >= 0.3 is 0 Å². The average molecular weight is 258 g/mol. The predicted molar refractivity (Wildman–Crippen MR) is 78.3 cm³/mol. The first-order chi connectivity index (χ1) is 8.35. The lowest BCUT2D eigenvalue weighted by Gasteiger charge is -2.18. The maximum absolute atomic E-state index is 5.78. The summed E-state index contributed by atoms with van der Waals surface area (Å²) in [5.74, 6) is 0. The van der Waals surface area contributed by atoms with E-state index in [-0.39, 0.29) is 15.8 Å². The van der Waals surface area contributed by atoms with Gasteiger partial charge in [0.05, 0.1) is 0 Å². The molecule has 0 aromatic rings. The minimum Gasteiger partial charge on any atom is -0.353 e. The molecule has 0 atom stereocenters. The van der Waals surface area contributed by atoms with Gasteiger partial charge in [0.25, 0.3) is 0 Å². The second-order valence-electron chi connectivity index (χ2n) is 4.45. The summed E-state index contributed by atoms with van der Waals surface area (Å²) in [6, 6.07) is 1.33. The SMILES string of the molecule is C=C[SiH2]CCCC(OCCCC)OCCCC. The van der Waals surface area contributed by atoms with Gasteiger partial charge in [-0.2, -0.15) is 0 Å². The van der Waals surface area contributed by atoms with E-state index in [9.17, 15) is 0 Å². The van der Waals surface area contributed by atoms with Crippen LogP contribution in [0, 0.1) is 0 Å². The molecule has 0 aliphatic heterocycles. The molecule has 102 valence electrons. The van der Waals surface area contributed by atoms with Crippen LogP contribution in [-0.4, -0.2) is 29.0 Å². The van der Waals surface area contributed by atoms with Crippen molar-refractivity contribution in [1.29, 1.82) is 0 Å². The summed E-state index contributed by atoms with van der Waals surface area (Å²) in [6.45, 7) is 9.85. The Hall–Kier alpha value is -0.123. The van der Waals surface area contributed by atoms with Gasteiger partial charge in [0, 0.05) is 22.7 Å². The van der Waals surface area contributed by atoms with Crippen molar-refractivity contribution >= 4 is 9.52 Å². The molecule has 3 heteroatoms. The Morgan fingerprint density at radius 3 is 2.12 bits per heavy atom. The Bertz CT molecular complexity index is 152. The Labute approximate surface area is 110 Å². The fraction of sp³-hybridized carbons (Fsp3) is 0.857. The van der Waals surface area contributed by atoms with Crippen LogP contribution in [0.4, 0.5) is 0 Å². The Morgan fingerprint density at radius 1 is 1.06 bits per heavy atom. The van der Waals surface area contributed by atoms with E-state index in [1.165, 1.54) is 25.3 Å². The summed E-state index contributed by atoms with van der Waals surface area (Å²) in [7, 11) is -0.0156. The highest BCUT2D eigenvalue weighted by atomic mass is 28.2. The molecule has 0 bridgehead atoms. The van der Waals surface area contributed by atoms with E-state index in [1.54, 1.807) is 0 Å². The highest BCUT2D eigenvalue weighted by Gasteiger charge is 2.08. The van der Waals surface area contributed by atoms with E-state index in [2.05, 4.69) is 26.1 Å². The first-order valence-corrected chi connectivity index (χ1v) is 9.00. The zero-order chi connectivity index (χ0) is 12.8. The number of ether oxygens (including phenoxy) is 2. The van der Waals surface area contributed by atoms with Crippen molar-refractivity contribution in [2.75, 3.05) is 13.2 Å². The molecule has 17 heavy (non-hydrogen) atoms. The highest BCUT2D eigenvalue weighted by molar-refractivity contribution is 6.41. The van der Waals surface area contributed by atoms with Gasteiger partial charge in [0.1, 0.15) is 0 Å². The first-order valence-electron chi connectivity index (χ1n) is 7.19. The zero-order valence-corrected chi connectivity index (χ0v) is 13.2. The Morgan fingerprint density at radius 2 is 1.65 bits per heavy atom. The molecule has 0 heterocycles. The summed E-state index contributed by atoms with van der Waals surface area (Å²) in [4.78, 5) is 0. The minimum absolute atomic E-state index is 0.0156. The van der Waals surface area contributed by atoms with Crippen LogP contribution in [0.25, 0.3) is 0 Å². The van der Waals surface area contributed by atoms with Gasteiger partial charge in [0.15, 0.2) is 6.29 Å². The van der Waals surface area contributed by atoms with Crippen molar-refractivity contribution in [3.8, 4) is 0 Å². The van der Waals surface area contributed by atoms with Crippen LogP contribution in [0.3, 0.4) is 0 Å². The van der Waals surface area contributed by atoms with Crippen molar-refractivity contribution in [2.45, 2.75) is 64.7 Å². The lowest BCUT2D eigenvalue weighted by atomic mass is 10.3. The average Bonchev–Trinajstić information content (AvgIpc) is 2.34. The van der Waals surface area contributed by atoms with Crippen molar-refractivity contribution in [2.24, 2.45) is 0 Å². The lowest BCUT2D eigenvalue weighted by molar-refractivity contribution is -0.147. The molecule has 0 fully saturated rings. The summed E-state index contributed by atoms with van der Waals surface area (Å²) in [5.41, 5.74) is 2.12. The van der Waals surface area contributed by atoms with E-state index in [4.69, 9.17) is 9.47 Å². The smallest absolute Gasteiger partial charge is 0.157 e. The molecule has 0 radical (unpaired) electrons. The quantitative estimate of drug-likeness (QED) is 0.286. The largest absolute Gasteiger partial charge is 0.353 e. The molecule has 0 aliphatic carbocycles. The highest BCUT2D eigenvalue weighted by Crippen LogP contribution is 2.09. The van der Waals surface area contributed by atoms with Crippen LogP contribution in [-0.2, 0) is 9.47 Å². The maximum atomic E-state index is 5.78. The van der Waals surface area contributed by atoms with E-state index in [1.807, 2.05) is 0 Å². The van der Waals surface area contributed by atoms with Gasteiger partial charge in [-0.25, -0.2) is 0 Å². The Balaban J connectivity index is 3.63. The normalized spacial score (nSPS) is 11.7. The molecule has 0 unspecified atom stereocenters. The van der Waals surface area contributed by atoms with Gasteiger partial charge < -0.3 is 9.47 Å². The second-order valence-corrected chi connectivity index (χ2v) is 6.31. The summed E-state index contributed by atoms with van der Waals surface area (Å²) >= 11 is 0. The van der Waals surface area contributed by atoms with Crippen LogP contribution in [0.1, 0.15) is 52.4 Å². The molecule has 0 aliphatic rings. The molecule has 0 amide bonds. The van der Waals surface area contributed by atoms with Crippen LogP contribution < -0.4 is 0 Å². The summed E-state index contributed by atoms with van der Waals surface area (Å²) in [6.07, 6.45) is 6.95. The molecule has 0 saturated carbocycles. The molecule has 0 saturated heterocycles. The van der Waals surface area contributed by atoms with Crippen LogP contribution in [0.2, 0.25) is 6.04 Å². The molecule has 0 rings (SSSR count). The van der Waals surface area contributed by atoms with Crippen molar-refractivity contribution < 1.29 is 9.47 Å². The molecule has 0 aromatic heterocycles. The topological polar surface area (TPSA) is 18.5 Å². The fourth-order valence-electron chi connectivity index (χ4n) is 1.53. The third kappa shape index (κ3) is 12.1. The lowest BCUT2D eigenvalue weighted by Crippen LogP contribution is -2.19. The number of hydrogen-bond donors (Lipinski definition) is 0. The van der Waals surface area contributed by atoms with Crippen LogP contribution in [0.15, 0.2) is 12.3 Å². The molecular formula is C14H30O2Si. The van der Waals surface area contributed by atoms with Crippen LogP contribution >= 0.6 is 0 Å². The van der Waals surface area contributed by atoms with E-state index in [0.29, 0.717) is 0 Å². The van der Waals surface area contributed by atoms with Crippen molar-refractivity contribution in [3.05, 3.63) is 12.3 Å². The number of hydrogen-bond acceptors (Lipinski definition) is 2. The van der Waals surface area contributed by atoms with Gasteiger partial charge in [-0.3, -0.25) is 0 Å². The van der Waals surface area contributed by atoms with Gasteiger partial charge in [-0.05, 0) is 19.3 Å². The molecule has 0 aromatic carbocycles. The first kappa shape index (κ1) is 16.9. The van der Waals surface area contributed by atoms with E-state index in [0.717, 1.165) is 32.5 Å². The van der Waals surface area contributed by atoms with Gasteiger partial charge in [0.2, 0.25) is 0 Å². The van der Waals surface area contributed by atoms with Gasteiger partial charge in [-0.15, -0.1) is 12.3 Å². The predicted octanol–water partition coefficient (Wildman–Crippen LogP) is 3.46. The minimum atomic E-state index is -0.0156. The standard InChI is InChI=1S/C14H30O2Si/c1-4-7-11-15-14(16-12-8-5-2)10-9-13-17-6-3/h6,14H,3-5,7-13,17H2,1-2H3. The molecular weight excluding hydrogens is 228 g/mol. The monoisotopic (exact) mass is 258 g/mol. The van der Waals surface area contributed by atoms with E-state index >= 15 is 0 Å². The zero-order valence-electron chi connectivity index (χ0n) is 11.7. The molecule has 0 N–H and O–H groups in total. The van der Waals surface area contributed by atoms with E-state index < -0.39 is 0 Å². The number of rotatable bonds is 13.